The molecule has 3 aliphatic rings. The van der Waals surface area contributed by atoms with E-state index in [1.807, 2.05) is 4.90 Å². The number of nitrogens with one attached hydrogen (secondary N) is 1. The van der Waals surface area contributed by atoms with Crippen molar-refractivity contribution in [1.29, 1.82) is 0 Å². The van der Waals surface area contributed by atoms with E-state index in [-0.39, 0.29) is 25.3 Å². The van der Waals surface area contributed by atoms with E-state index in [0.717, 1.165) is 4.90 Å². The highest BCUT2D eigenvalue weighted by Crippen LogP contribution is 2.34. The zero-order chi connectivity index (χ0) is 27.8. The SMILES string of the molecule is CN(c1ccc(N2CCN(C3CCN(C(=O)OC(C)(C)C)CC3(F)F)CC2)c(F)c1)C1CCC(=O)NC1=O. The van der Waals surface area contributed by atoms with Gasteiger partial charge in [0, 0.05) is 51.9 Å². The van der Waals surface area contributed by atoms with Crippen LogP contribution in [0.25, 0.3) is 0 Å². The van der Waals surface area contributed by atoms with Crippen LogP contribution in [0.15, 0.2) is 18.2 Å². The van der Waals surface area contributed by atoms with Crippen molar-refractivity contribution < 1.29 is 32.3 Å². The number of hydrogen-bond donors (Lipinski definition) is 1. The lowest BCUT2D eigenvalue weighted by atomic mass is 9.98. The highest BCUT2D eigenvalue weighted by atomic mass is 19.3. The summed E-state index contributed by atoms with van der Waals surface area (Å²) in [5.41, 5.74) is 0.125. The highest BCUT2D eigenvalue weighted by molar-refractivity contribution is 6.01. The van der Waals surface area contributed by atoms with Gasteiger partial charge in [-0.2, -0.15) is 0 Å². The van der Waals surface area contributed by atoms with Crippen LogP contribution in [0.2, 0.25) is 0 Å². The first-order chi connectivity index (χ1) is 17.7. The number of benzene rings is 1. The van der Waals surface area contributed by atoms with E-state index in [1.54, 1.807) is 49.8 Å². The third-order valence-corrected chi connectivity index (χ3v) is 7.33. The topological polar surface area (TPSA) is 85.4 Å². The van der Waals surface area contributed by atoms with E-state index in [2.05, 4.69) is 5.32 Å². The van der Waals surface area contributed by atoms with Gasteiger partial charge in [-0.3, -0.25) is 19.8 Å². The molecule has 0 saturated carbocycles. The zero-order valence-corrected chi connectivity index (χ0v) is 22.3. The molecule has 1 aromatic carbocycles. The van der Waals surface area contributed by atoms with Crippen LogP contribution in [0, 0.1) is 5.82 Å². The number of piperidine rings is 2. The van der Waals surface area contributed by atoms with Crippen molar-refractivity contribution in [3.05, 3.63) is 24.0 Å². The van der Waals surface area contributed by atoms with Gasteiger partial charge in [-0.15, -0.1) is 0 Å². The Morgan fingerprint density at radius 1 is 1.11 bits per heavy atom. The highest BCUT2D eigenvalue weighted by Gasteiger charge is 2.49. The molecule has 0 aromatic heterocycles. The van der Waals surface area contributed by atoms with E-state index >= 15 is 13.2 Å². The number of halogens is 3. The van der Waals surface area contributed by atoms with Gasteiger partial charge in [0.2, 0.25) is 11.8 Å². The summed E-state index contributed by atoms with van der Waals surface area (Å²) < 4.78 is 50.6. The van der Waals surface area contributed by atoms with Crippen LogP contribution in [-0.4, -0.2) is 97.6 Å². The van der Waals surface area contributed by atoms with Gasteiger partial charge in [-0.1, -0.05) is 0 Å². The van der Waals surface area contributed by atoms with Crippen LogP contribution in [-0.2, 0) is 14.3 Å². The van der Waals surface area contributed by atoms with Gasteiger partial charge in [-0.05, 0) is 51.8 Å². The standard InChI is InChI=1S/C26H36F3N5O4/c1-25(2,3)38-24(37)34-10-9-21(26(28,29)16-34)33-13-11-32(12-14-33)19-6-5-17(15-18(19)27)31(4)20-7-8-22(35)30-23(20)36/h5-6,15,20-21H,7-14,16H2,1-4H3,(H,30,35,36). The Morgan fingerprint density at radius 2 is 1.79 bits per heavy atom. The summed E-state index contributed by atoms with van der Waals surface area (Å²) in [4.78, 5) is 42.1. The van der Waals surface area contributed by atoms with Gasteiger partial charge in [0.1, 0.15) is 17.5 Å². The zero-order valence-electron chi connectivity index (χ0n) is 22.3. The van der Waals surface area contributed by atoms with Crippen LogP contribution in [0.3, 0.4) is 0 Å². The molecular formula is C26H36F3N5O4. The fraction of sp³-hybridized carbons (Fsp3) is 0.654. The lowest BCUT2D eigenvalue weighted by molar-refractivity contribution is -0.134. The minimum atomic E-state index is -3.09. The number of imide groups is 1. The summed E-state index contributed by atoms with van der Waals surface area (Å²) in [5.74, 6) is -4.28. The Bertz CT molecular complexity index is 1070. The summed E-state index contributed by atoms with van der Waals surface area (Å²) in [6.07, 6.45) is -0.0249. The lowest BCUT2D eigenvalue weighted by Crippen LogP contribution is -2.62. The molecule has 1 N–H and O–H groups in total. The Labute approximate surface area is 220 Å². The molecule has 0 spiro atoms. The maximum Gasteiger partial charge on any atom is 0.410 e. The number of amides is 3. The average Bonchev–Trinajstić information content (AvgIpc) is 2.82. The second kappa shape index (κ2) is 10.6. The van der Waals surface area contributed by atoms with Crippen molar-refractivity contribution in [1.82, 2.24) is 15.1 Å². The van der Waals surface area contributed by atoms with E-state index in [9.17, 15) is 14.4 Å². The van der Waals surface area contributed by atoms with Gasteiger partial charge in [0.25, 0.3) is 5.92 Å². The fourth-order valence-corrected chi connectivity index (χ4v) is 5.34. The summed E-state index contributed by atoms with van der Waals surface area (Å²) in [6.45, 7) is 6.01. The van der Waals surface area contributed by atoms with Crippen molar-refractivity contribution in [3.8, 4) is 0 Å². The molecule has 12 heteroatoms. The second-order valence-corrected chi connectivity index (χ2v) is 11.2. The molecular weight excluding hydrogens is 503 g/mol. The van der Waals surface area contributed by atoms with Crippen molar-refractivity contribution in [2.75, 3.05) is 56.1 Å². The molecule has 2 atom stereocenters. The van der Waals surface area contributed by atoms with Crippen LogP contribution in [0.5, 0.6) is 0 Å². The summed E-state index contributed by atoms with van der Waals surface area (Å²) in [5, 5.41) is 2.31. The number of nitrogens with zero attached hydrogens (tertiary/aromatic N) is 4. The lowest BCUT2D eigenvalue weighted by Gasteiger charge is -2.46. The number of carbonyl (C=O) groups excluding carboxylic acids is 3. The third-order valence-electron chi connectivity index (χ3n) is 7.33. The van der Waals surface area contributed by atoms with Gasteiger partial charge < -0.3 is 19.4 Å². The molecule has 3 aliphatic heterocycles. The first kappa shape index (κ1) is 28.0. The number of likely N-dealkylation sites (N-methyl/N-ethyl adjacent to an activating group) is 1. The maximum atomic E-state index is 15.1. The molecule has 3 fully saturated rings. The molecule has 3 saturated heterocycles. The molecule has 38 heavy (non-hydrogen) atoms. The van der Waals surface area contributed by atoms with Crippen molar-refractivity contribution in [2.45, 2.75) is 63.6 Å². The first-order valence-corrected chi connectivity index (χ1v) is 13.0. The maximum absolute atomic E-state index is 15.1. The number of piperazine rings is 1. The Kier molecular flexibility index (Phi) is 7.83. The minimum Gasteiger partial charge on any atom is -0.444 e. The van der Waals surface area contributed by atoms with E-state index in [0.29, 0.717) is 44.0 Å². The molecule has 0 aliphatic carbocycles. The molecule has 9 nitrogen and oxygen atoms in total. The molecule has 4 rings (SSSR count). The summed E-state index contributed by atoms with van der Waals surface area (Å²) in [6, 6.07) is 3.14. The quantitative estimate of drug-likeness (QED) is 0.589. The number of rotatable bonds is 4. The molecule has 0 radical (unpaired) electrons. The number of likely N-dealkylation sites (tertiary alicyclic amines) is 1. The summed E-state index contributed by atoms with van der Waals surface area (Å²) in [7, 11) is 1.68. The number of anilines is 2. The smallest absolute Gasteiger partial charge is 0.410 e. The first-order valence-electron chi connectivity index (χ1n) is 13.0. The Hall–Kier alpha value is -3.02. The number of ether oxygens (including phenoxy) is 1. The van der Waals surface area contributed by atoms with E-state index in [1.165, 1.54) is 6.07 Å². The van der Waals surface area contributed by atoms with Crippen LogP contribution in [0.1, 0.15) is 40.0 Å². The third kappa shape index (κ3) is 6.16. The van der Waals surface area contributed by atoms with Crippen molar-refractivity contribution in [3.63, 3.8) is 0 Å². The van der Waals surface area contributed by atoms with E-state index in [4.69, 9.17) is 4.74 Å². The van der Waals surface area contributed by atoms with Gasteiger partial charge in [0.05, 0.1) is 18.3 Å². The van der Waals surface area contributed by atoms with E-state index < -0.39 is 48.0 Å². The molecule has 1 aromatic rings. The molecule has 0 bridgehead atoms. The number of alkyl halides is 2. The molecule has 2 unspecified atom stereocenters. The number of carbonyl (C=O) groups is 3. The van der Waals surface area contributed by atoms with Gasteiger partial charge >= 0.3 is 6.09 Å². The Balaban J connectivity index is 1.34. The predicted octanol–water partition coefficient (Wildman–Crippen LogP) is 2.83. The van der Waals surface area contributed by atoms with Gasteiger partial charge in [-0.25, -0.2) is 18.0 Å². The molecule has 3 heterocycles. The molecule has 210 valence electrons. The van der Waals surface area contributed by atoms with Crippen LogP contribution in [0.4, 0.5) is 29.3 Å². The largest absolute Gasteiger partial charge is 0.444 e. The van der Waals surface area contributed by atoms with Gasteiger partial charge in [0.15, 0.2) is 0 Å². The average molecular weight is 540 g/mol. The molecule has 3 amide bonds. The Morgan fingerprint density at radius 3 is 2.37 bits per heavy atom. The van der Waals surface area contributed by atoms with Crippen molar-refractivity contribution in [2.24, 2.45) is 0 Å². The minimum absolute atomic E-state index is 0.127. The van der Waals surface area contributed by atoms with Crippen LogP contribution < -0.4 is 15.1 Å². The second-order valence-electron chi connectivity index (χ2n) is 11.2. The number of hydrogen-bond acceptors (Lipinski definition) is 7. The van der Waals surface area contributed by atoms with Crippen molar-refractivity contribution >= 4 is 29.3 Å². The predicted molar refractivity (Wildman–Crippen MR) is 136 cm³/mol. The fourth-order valence-electron chi connectivity index (χ4n) is 5.34. The summed E-state index contributed by atoms with van der Waals surface area (Å²) >= 11 is 0. The normalized spacial score (nSPS) is 24.7. The monoisotopic (exact) mass is 539 g/mol. The van der Waals surface area contributed by atoms with Crippen LogP contribution >= 0.6 is 0 Å².